The van der Waals surface area contributed by atoms with Gasteiger partial charge in [0.15, 0.2) is 0 Å². The van der Waals surface area contributed by atoms with Crippen molar-refractivity contribution in [2.24, 2.45) is 5.41 Å². The maximum Gasteiger partial charge on any atom is 0.311 e. The first kappa shape index (κ1) is 17.2. The molecule has 1 unspecified atom stereocenters. The van der Waals surface area contributed by atoms with Gasteiger partial charge in [-0.25, -0.2) is 0 Å². The summed E-state index contributed by atoms with van der Waals surface area (Å²) in [5.41, 5.74) is -0.495. The number of hydrogen-bond donors (Lipinski definition) is 1. The number of carboxylic acid groups (broad SMARTS) is 1. The van der Waals surface area contributed by atoms with Gasteiger partial charge in [-0.1, -0.05) is 11.6 Å². The summed E-state index contributed by atoms with van der Waals surface area (Å²) in [6.45, 7) is 2.25. The molecule has 1 aromatic heterocycles. The number of carbonyl (C=O) groups is 2. The lowest BCUT2D eigenvalue weighted by molar-refractivity contribution is -0.147. The largest absolute Gasteiger partial charge is 0.481 e. The Kier molecular flexibility index (Phi) is 4.63. The van der Waals surface area contributed by atoms with Crippen LogP contribution in [0.2, 0.25) is 5.02 Å². The Balaban J connectivity index is 1.74. The van der Waals surface area contributed by atoms with Gasteiger partial charge >= 0.3 is 5.97 Å². The molecule has 1 amide bonds. The normalized spacial score (nSPS) is 19.7. The first-order valence-corrected chi connectivity index (χ1v) is 8.17. The summed E-state index contributed by atoms with van der Waals surface area (Å²) in [6.07, 6.45) is 3.65. The van der Waals surface area contributed by atoms with Crippen LogP contribution in [0.1, 0.15) is 23.7 Å². The standard InChI is InChI=1S/C18H17ClN2O4/c1-18(17(23)24)6-9-21(11-18)16(22)12-2-3-15(14(19)10-12)25-13-4-7-20-8-5-13/h2-5,7-8,10H,6,9,11H2,1H3,(H,23,24). The lowest BCUT2D eigenvalue weighted by Gasteiger charge is -2.20. The van der Waals surface area contributed by atoms with Gasteiger partial charge in [0.05, 0.1) is 10.4 Å². The van der Waals surface area contributed by atoms with Crippen molar-refractivity contribution in [1.29, 1.82) is 0 Å². The molecule has 0 aliphatic carbocycles. The van der Waals surface area contributed by atoms with Gasteiger partial charge in [-0.05, 0) is 43.7 Å². The van der Waals surface area contributed by atoms with E-state index in [-0.39, 0.29) is 12.5 Å². The summed E-state index contributed by atoms with van der Waals surface area (Å²) in [7, 11) is 0. The minimum Gasteiger partial charge on any atom is -0.481 e. The highest BCUT2D eigenvalue weighted by molar-refractivity contribution is 6.32. The second-order valence-corrected chi connectivity index (χ2v) is 6.68. The molecular formula is C18H17ClN2O4. The Hall–Kier alpha value is -2.60. The molecule has 1 aromatic carbocycles. The first-order chi connectivity index (χ1) is 11.9. The predicted octanol–water partition coefficient (Wildman–Crippen LogP) is 3.46. The van der Waals surface area contributed by atoms with E-state index in [1.54, 1.807) is 48.5 Å². The van der Waals surface area contributed by atoms with E-state index in [2.05, 4.69) is 4.98 Å². The van der Waals surface area contributed by atoms with Crippen LogP contribution in [-0.4, -0.2) is 40.0 Å². The third kappa shape index (κ3) is 3.58. The predicted molar refractivity (Wildman–Crippen MR) is 92.0 cm³/mol. The third-order valence-corrected chi connectivity index (χ3v) is 4.63. The van der Waals surface area contributed by atoms with Crippen LogP contribution < -0.4 is 4.74 Å². The van der Waals surface area contributed by atoms with Gasteiger partial charge in [-0.15, -0.1) is 0 Å². The molecule has 1 fully saturated rings. The Morgan fingerprint density at radius 2 is 2.00 bits per heavy atom. The number of ether oxygens (including phenoxy) is 1. The van der Waals surface area contributed by atoms with Crippen LogP contribution >= 0.6 is 11.6 Å². The van der Waals surface area contributed by atoms with Crippen molar-refractivity contribution in [3.8, 4) is 11.5 Å². The molecule has 0 radical (unpaired) electrons. The number of carbonyl (C=O) groups excluding carboxylic acids is 1. The zero-order valence-electron chi connectivity index (χ0n) is 13.6. The summed E-state index contributed by atoms with van der Waals surface area (Å²) >= 11 is 6.23. The molecule has 1 saturated heterocycles. The molecule has 25 heavy (non-hydrogen) atoms. The van der Waals surface area contributed by atoms with E-state index < -0.39 is 11.4 Å². The fourth-order valence-corrected chi connectivity index (χ4v) is 2.96. The molecular weight excluding hydrogens is 344 g/mol. The average molecular weight is 361 g/mol. The number of carboxylic acids is 1. The van der Waals surface area contributed by atoms with Crippen LogP contribution in [0, 0.1) is 5.41 Å². The van der Waals surface area contributed by atoms with Crippen LogP contribution in [0.25, 0.3) is 0 Å². The van der Waals surface area contributed by atoms with Gasteiger partial charge in [0, 0.05) is 31.0 Å². The molecule has 7 heteroatoms. The van der Waals surface area contributed by atoms with Crippen LogP contribution in [0.15, 0.2) is 42.7 Å². The molecule has 1 aliphatic rings. The summed E-state index contributed by atoms with van der Waals surface area (Å²) in [5, 5.41) is 9.59. The summed E-state index contributed by atoms with van der Waals surface area (Å²) in [4.78, 5) is 29.4. The van der Waals surface area contributed by atoms with Crippen LogP contribution in [0.4, 0.5) is 0 Å². The number of aromatic nitrogens is 1. The van der Waals surface area contributed by atoms with Crippen molar-refractivity contribution in [2.45, 2.75) is 13.3 Å². The van der Waals surface area contributed by atoms with E-state index in [0.717, 1.165) is 0 Å². The van der Waals surface area contributed by atoms with Gasteiger partial charge in [0.1, 0.15) is 11.5 Å². The van der Waals surface area contributed by atoms with Crippen LogP contribution in [0.5, 0.6) is 11.5 Å². The molecule has 0 saturated carbocycles. The molecule has 2 aromatic rings. The van der Waals surface area contributed by atoms with Crippen molar-refractivity contribution in [1.82, 2.24) is 9.88 Å². The Bertz CT molecular complexity index is 812. The zero-order valence-corrected chi connectivity index (χ0v) is 14.4. The molecule has 0 spiro atoms. The highest BCUT2D eigenvalue weighted by Crippen LogP contribution is 2.33. The van der Waals surface area contributed by atoms with E-state index in [0.29, 0.717) is 35.1 Å². The number of likely N-dealkylation sites (tertiary alicyclic amines) is 1. The molecule has 130 valence electrons. The SMILES string of the molecule is CC1(C(=O)O)CCN(C(=O)c2ccc(Oc3ccncc3)c(Cl)c2)C1. The third-order valence-electron chi connectivity index (χ3n) is 4.33. The fourth-order valence-electron chi connectivity index (χ4n) is 2.74. The number of amides is 1. The van der Waals surface area contributed by atoms with Gasteiger partial charge < -0.3 is 14.7 Å². The van der Waals surface area contributed by atoms with E-state index in [9.17, 15) is 14.7 Å². The number of pyridine rings is 1. The summed E-state index contributed by atoms with van der Waals surface area (Å²) in [5.74, 6) is -0.0989. The second-order valence-electron chi connectivity index (χ2n) is 6.27. The fraction of sp³-hybridized carbons (Fsp3) is 0.278. The quantitative estimate of drug-likeness (QED) is 0.903. The van der Waals surface area contributed by atoms with Crippen molar-refractivity contribution in [3.63, 3.8) is 0 Å². The number of aliphatic carboxylic acids is 1. The lowest BCUT2D eigenvalue weighted by Crippen LogP contribution is -2.34. The molecule has 6 nitrogen and oxygen atoms in total. The molecule has 0 bridgehead atoms. The average Bonchev–Trinajstić information content (AvgIpc) is 3.01. The van der Waals surface area contributed by atoms with E-state index in [1.165, 1.54) is 6.07 Å². The van der Waals surface area contributed by atoms with Crippen LogP contribution in [-0.2, 0) is 4.79 Å². The molecule has 1 aliphatic heterocycles. The minimum absolute atomic E-state index is 0.189. The highest BCUT2D eigenvalue weighted by atomic mass is 35.5. The number of hydrogen-bond acceptors (Lipinski definition) is 4. The number of nitrogens with zero attached hydrogens (tertiary/aromatic N) is 2. The number of benzene rings is 1. The highest BCUT2D eigenvalue weighted by Gasteiger charge is 2.42. The summed E-state index contributed by atoms with van der Waals surface area (Å²) in [6, 6.07) is 8.19. The first-order valence-electron chi connectivity index (χ1n) is 7.79. The lowest BCUT2D eigenvalue weighted by atomic mass is 9.90. The van der Waals surface area contributed by atoms with Gasteiger partial charge in [-0.2, -0.15) is 0 Å². The molecule has 1 atom stereocenters. The Labute approximate surface area is 150 Å². The number of halogens is 1. The van der Waals surface area contributed by atoms with Crippen molar-refractivity contribution in [2.75, 3.05) is 13.1 Å². The monoisotopic (exact) mass is 360 g/mol. The number of rotatable bonds is 4. The van der Waals surface area contributed by atoms with Crippen LogP contribution in [0.3, 0.4) is 0 Å². The zero-order chi connectivity index (χ0) is 18.0. The molecule has 1 N–H and O–H groups in total. The maximum atomic E-state index is 12.6. The molecule has 3 rings (SSSR count). The summed E-state index contributed by atoms with van der Waals surface area (Å²) < 4.78 is 5.66. The van der Waals surface area contributed by atoms with Crippen molar-refractivity contribution in [3.05, 3.63) is 53.3 Å². The van der Waals surface area contributed by atoms with Gasteiger partial charge in [0.2, 0.25) is 0 Å². The minimum atomic E-state index is -0.899. The second kappa shape index (κ2) is 6.72. The topological polar surface area (TPSA) is 79.7 Å². The van der Waals surface area contributed by atoms with Gasteiger partial charge in [0.25, 0.3) is 5.91 Å². The van der Waals surface area contributed by atoms with E-state index >= 15 is 0 Å². The Morgan fingerprint density at radius 1 is 1.28 bits per heavy atom. The van der Waals surface area contributed by atoms with Crippen molar-refractivity contribution >= 4 is 23.5 Å². The Morgan fingerprint density at radius 3 is 2.60 bits per heavy atom. The molecule has 2 heterocycles. The maximum absolute atomic E-state index is 12.6. The van der Waals surface area contributed by atoms with Gasteiger partial charge in [-0.3, -0.25) is 14.6 Å². The van der Waals surface area contributed by atoms with E-state index in [1.807, 2.05) is 0 Å². The smallest absolute Gasteiger partial charge is 0.311 e. The van der Waals surface area contributed by atoms with E-state index in [4.69, 9.17) is 16.3 Å². The van der Waals surface area contributed by atoms with Crippen molar-refractivity contribution < 1.29 is 19.4 Å².